The Morgan fingerprint density at radius 1 is 1.19 bits per heavy atom. The van der Waals surface area contributed by atoms with Crippen molar-refractivity contribution in [2.24, 2.45) is 11.8 Å². The Kier molecular flexibility index (Phi) is 6.21. The number of nitrogens with zero attached hydrogens (tertiary/aromatic N) is 1. The van der Waals surface area contributed by atoms with Crippen LogP contribution in [0.4, 0.5) is 0 Å². The summed E-state index contributed by atoms with van der Waals surface area (Å²) in [6.07, 6.45) is 11.2. The molecule has 0 spiro atoms. The molecule has 0 N–H and O–H groups in total. The van der Waals surface area contributed by atoms with Crippen LogP contribution in [0, 0.1) is 11.8 Å². The number of ether oxygens (including phenoxy) is 1. The van der Waals surface area contributed by atoms with Crippen molar-refractivity contribution in [1.29, 1.82) is 0 Å². The van der Waals surface area contributed by atoms with Gasteiger partial charge in [0.25, 0.3) is 0 Å². The molecular formula is C18H27NO2. The van der Waals surface area contributed by atoms with Crippen LogP contribution in [0.3, 0.4) is 0 Å². The first-order chi connectivity index (χ1) is 10.2. The average molecular weight is 289 g/mol. The molecule has 1 fully saturated rings. The van der Waals surface area contributed by atoms with Crippen LogP contribution >= 0.6 is 0 Å². The summed E-state index contributed by atoms with van der Waals surface area (Å²) in [5.74, 6) is 2.17. The largest absolute Gasteiger partial charge is 0.425 e. The Hall–Kier alpha value is -1.38. The molecule has 3 nitrogen and oxygen atoms in total. The zero-order valence-electron chi connectivity index (χ0n) is 13.3. The fourth-order valence-corrected chi connectivity index (χ4v) is 3.10. The average Bonchev–Trinajstić information content (AvgIpc) is 2.54. The van der Waals surface area contributed by atoms with Gasteiger partial charge in [0.1, 0.15) is 5.75 Å². The van der Waals surface area contributed by atoms with E-state index in [4.69, 9.17) is 4.74 Å². The molecule has 2 rings (SSSR count). The van der Waals surface area contributed by atoms with Gasteiger partial charge in [-0.3, -0.25) is 9.78 Å². The third kappa shape index (κ3) is 5.14. The number of aromatic nitrogens is 1. The quantitative estimate of drug-likeness (QED) is 0.721. The van der Waals surface area contributed by atoms with E-state index in [9.17, 15) is 4.79 Å². The molecule has 0 atom stereocenters. The molecule has 1 aliphatic carbocycles. The fraction of sp³-hybridized carbons (Fsp3) is 0.667. The molecule has 3 heteroatoms. The normalized spacial score (nSPS) is 22.0. The number of hydrogen-bond donors (Lipinski definition) is 0. The summed E-state index contributed by atoms with van der Waals surface area (Å²) in [6.45, 7) is 4.10. The molecule has 0 unspecified atom stereocenters. The number of pyridine rings is 1. The van der Waals surface area contributed by atoms with E-state index in [-0.39, 0.29) is 5.97 Å². The maximum absolute atomic E-state index is 11.2. The van der Waals surface area contributed by atoms with E-state index in [0.29, 0.717) is 12.2 Å². The van der Waals surface area contributed by atoms with E-state index in [2.05, 4.69) is 11.9 Å². The minimum absolute atomic E-state index is 0.211. The Morgan fingerprint density at radius 2 is 1.90 bits per heavy atom. The summed E-state index contributed by atoms with van der Waals surface area (Å²) in [4.78, 5) is 15.6. The van der Waals surface area contributed by atoms with Crippen molar-refractivity contribution in [3.05, 3.63) is 24.0 Å². The van der Waals surface area contributed by atoms with Crippen molar-refractivity contribution in [1.82, 2.24) is 4.98 Å². The van der Waals surface area contributed by atoms with Crippen LogP contribution < -0.4 is 4.74 Å². The Bertz CT molecular complexity index is 433. The van der Waals surface area contributed by atoms with Crippen molar-refractivity contribution in [3.63, 3.8) is 0 Å². The maximum atomic E-state index is 11.2. The highest BCUT2D eigenvalue weighted by Crippen LogP contribution is 2.32. The second-order valence-electron chi connectivity index (χ2n) is 6.15. The summed E-state index contributed by atoms with van der Waals surface area (Å²) in [5, 5.41) is 0. The Morgan fingerprint density at radius 3 is 2.48 bits per heavy atom. The fourth-order valence-electron chi connectivity index (χ4n) is 3.10. The van der Waals surface area contributed by atoms with Crippen LogP contribution in [0.1, 0.15) is 64.5 Å². The molecule has 0 aliphatic heterocycles. The lowest BCUT2D eigenvalue weighted by molar-refractivity contribution is -0.134. The lowest BCUT2D eigenvalue weighted by atomic mass is 9.79. The summed E-state index contributed by atoms with van der Waals surface area (Å²) >= 11 is 0. The molecule has 1 aromatic heterocycles. The van der Waals surface area contributed by atoms with Crippen LogP contribution in [0.15, 0.2) is 18.3 Å². The third-order valence-corrected chi connectivity index (χ3v) is 4.67. The van der Waals surface area contributed by atoms with Gasteiger partial charge in [-0.15, -0.1) is 0 Å². The lowest BCUT2D eigenvalue weighted by Crippen LogP contribution is -2.14. The summed E-state index contributed by atoms with van der Waals surface area (Å²) < 4.78 is 5.14. The topological polar surface area (TPSA) is 39.2 Å². The smallest absolute Gasteiger partial charge is 0.310 e. The van der Waals surface area contributed by atoms with E-state index in [1.807, 2.05) is 12.1 Å². The van der Waals surface area contributed by atoms with Crippen molar-refractivity contribution < 1.29 is 9.53 Å². The van der Waals surface area contributed by atoms with Crippen LogP contribution in [0.25, 0.3) is 0 Å². The molecule has 0 aromatic carbocycles. The number of carbonyl (C=O) groups is 1. The van der Waals surface area contributed by atoms with Crippen molar-refractivity contribution in [3.8, 4) is 5.75 Å². The molecule has 21 heavy (non-hydrogen) atoms. The second kappa shape index (κ2) is 8.16. The summed E-state index contributed by atoms with van der Waals surface area (Å²) in [5.41, 5.74) is 1.10. The van der Waals surface area contributed by atoms with Crippen LogP contribution in [-0.2, 0) is 11.2 Å². The molecule has 0 saturated heterocycles. The highest BCUT2D eigenvalue weighted by molar-refractivity contribution is 5.71. The molecule has 116 valence electrons. The number of aryl methyl sites for hydroxylation is 1. The first kappa shape index (κ1) is 16.0. The molecule has 1 saturated carbocycles. The monoisotopic (exact) mass is 289 g/mol. The van der Waals surface area contributed by atoms with Crippen LogP contribution in [0.5, 0.6) is 5.75 Å². The molecule has 1 aliphatic rings. The van der Waals surface area contributed by atoms with Crippen LogP contribution in [-0.4, -0.2) is 11.0 Å². The van der Waals surface area contributed by atoms with Crippen LogP contribution in [0.2, 0.25) is 0 Å². The van der Waals surface area contributed by atoms with Crippen molar-refractivity contribution in [2.45, 2.75) is 65.2 Å². The van der Waals surface area contributed by atoms with Gasteiger partial charge >= 0.3 is 5.97 Å². The molecule has 0 bridgehead atoms. The molecule has 0 amide bonds. The lowest BCUT2D eigenvalue weighted by Gasteiger charge is -2.27. The number of hydrogen-bond acceptors (Lipinski definition) is 3. The van der Waals surface area contributed by atoms with Gasteiger partial charge in [-0.1, -0.05) is 46.0 Å². The minimum Gasteiger partial charge on any atom is -0.425 e. The van der Waals surface area contributed by atoms with Gasteiger partial charge in [-0.05, 0) is 36.8 Å². The zero-order chi connectivity index (χ0) is 15.1. The van der Waals surface area contributed by atoms with E-state index in [1.165, 1.54) is 38.5 Å². The summed E-state index contributed by atoms with van der Waals surface area (Å²) in [7, 11) is 0. The molecule has 1 aromatic rings. The molecule has 1 heterocycles. The van der Waals surface area contributed by atoms with Crippen molar-refractivity contribution >= 4 is 5.97 Å². The standard InChI is InChI=1S/C18H27NO2/c1-3-14-5-7-15(8-6-14)9-10-16-11-12-17(13-19-16)21-18(20)4-2/h11-15H,3-10H2,1-2H3. The van der Waals surface area contributed by atoms with Gasteiger partial charge in [0, 0.05) is 12.1 Å². The SMILES string of the molecule is CCC(=O)Oc1ccc(CCC2CCC(CC)CC2)nc1. The zero-order valence-corrected chi connectivity index (χ0v) is 13.3. The highest BCUT2D eigenvalue weighted by Gasteiger charge is 2.19. The van der Waals surface area contributed by atoms with Gasteiger partial charge in [-0.25, -0.2) is 0 Å². The minimum atomic E-state index is -0.211. The Labute approximate surface area is 128 Å². The third-order valence-electron chi connectivity index (χ3n) is 4.67. The van der Waals surface area contributed by atoms with E-state index < -0.39 is 0 Å². The van der Waals surface area contributed by atoms with E-state index in [1.54, 1.807) is 13.1 Å². The van der Waals surface area contributed by atoms with E-state index >= 15 is 0 Å². The van der Waals surface area contributed by atoms with Gasteiger partial charge in [-0.2, -0.15) is 0 Å². The van der Waals surface area contributed by atoms with Gasteiger partial charge < -0.3 is 4.74 Å². The predicted octanol–water partition coefficient (Wildman–Crippen LogP) is 4.55. The first-order valence-electron chi connectivity index (χ1n) is 8.36. The number of rotatable bonds is 6. The maximum Gasteiger partial charge on any atom is 0.310 e. The molecular weight excluding hydrogens is 262 g/mol. The van der Waals surface area contributed by atoms with Gasteiger partial charge in [0.15, 0.2) is 0 Å². The first-order valence-corrected chi connectivity index (χ1v) is 8.36. The Balaban J connectivity index is 1.75. The second-order valence-corrected chi connectivity index (χ2v) is 6.15. The predicted molar refractivity (Wildman–Crippen MR) is 84.2 cm³/mol. The highest BCUT2D eigenvalue weighted by atomic mass is 16.5. The summed E-state index contributed by atoms with van der Waals surface area (Å²) in [6, 6.07) is 3.83. The molecule has 0 radical (unpaired) electrons. The van der Waals surface area contributed by atoms with Gasteiger partial charge in [0.05, 0.1) is 6.20 Å². The van der Waals surface area contributed by atoms with Gasteiger partial charge in [0.2, 0.25) is 0 Å². The van der Waals surface area contributed by atoms with E-state index in [0.717, 1.165) is 24.0 Å². The number of carbonyl (C=O) groups excluding carboxylic acids is 1. The number of esters is 1. The van der Waals surface area contributed by atoms with Crippen molar-refractivity contribution in [2.75, 3.05) is 0 Å².